The lowest BCUT2D eigenvalue weighted by atomic mass is 10.0. The highest BCUT2D eigenvalue weighted by molar-refractivity contribution is 5.92. The monoisotopic (exact) mass is 449 g/mol. The molecule has 0 bridgehead atoms. The number of ether oxygens (including phenoxy) is 1. The van der Waals surface area contributed by atoms with E-state index in [9.17, 15) is 9.18 Å². The van der Waals surface area contributed by atoms with E-state index < -0.39 is 6.03 Å². The van der Waals surface area contributed by atoms with Crippen LogP contribution in [0.3, 0.4) is 0 Å². The molecular weight excluding hydrogens is 429 g/mol. The smallest absolute Gasteiger partial charge is 0.346 e. The van der Waals surface area contributed by atoms with Crippen LogP contribution >= 0.6 is 0 Å². The first kappa shape index (κ1) is 21.2. The van der Waals surface area contributed by atoms with Gasteiger partial charge in [-0.05, 0) is 66.2 Å². The summed E-state index contributed by atoms with van der Waals surface area (Å²) >= 11 is 0. The van der Waals surface area contributed by atoms with Crippen molar-refractivity contribution in [2.75, 3.05) is 5.32 Å². The molecule has 5 aromatic rings. The van der Waals surface area contributed by atoms with E-state index in [-0.39, 0.29) is 5.82 Å². The molecule has 0 saturated heterocycles. The summed E-state index contributed by atoms with van der Waals surface area (Å²) < 4.78 is 20.5. The fourth-order valence-corrected chi connectivity index (χ4v) is 3.54. The van der Waals surface area contributed by atoms with Gasteiger partial charge in [-0.15, -0.1) is 0 Å². The summed E-state index contributed by atoms with van der Waals surface area (Å²) in [6.45, 7) is 0. The molecule has 0 aliphatic heterocycles. The highest BCUT2D eigenvalue weighted by Crippen LogP contribution is 2.31. The van der Waals surface area contributed by atoms with Gasteiger partial charge in [-0.3, -0.25) is 0 Å². The van der Waals surface area contributed by atoms with Crippen LogP contribution in [0, 0.1) is 5.82 Å². The fourth-order valence-electron chi connectivity index (χ4n) is 3.54. The minimum absolute atomic E-state index is 0.332. The second-order valence-corrected chi connectivity index (χ2v) is 7.58. The number of carbonyl (C=O) groups is 1. The lowest BCUT2D eigenvalue weighted by Gasteiger charge is -2.08. The number of rotatable bonds is 5. The molecule has 0 saturated carbocycles. The van der Waals surface area contributed by atoms with Crippen LogP contribution in [0.15, 0.2) is 115 Å². The second kappa shape index (κ2) is 9.42. The summed E-state index contributed by atoms with van der Waals surface area (Å²) in [5.74, 6) is 1.06. The molecule has 0 atom stereocenters. The second-order valence-electron chi connectivity index (χ2n) is 7.58. The Bertz CT molecular complexity index is 1400. The van der Waals surface area contributed by atoms with Gasteiger partial charge in [0.15, 0.2) is 0 Å². The van der Waals surface area contributed by atoms with Crippen molar-refractivity contribution in [3.63, 3.8) is 0 Å². The largest absolute Gasteiger partial charge is 0.457 e. The Morgan fingerprint density at radius 1 is 0.735 bits per heavy atom. The number of aromatic nitrogens is 2. The van der Waals surface area contributed by atoms with E-state index in [4.69, 9.17) is 4.74 Å². The van der Waals surface area contributed by atoms with Gasteiger partial charge in [0, 0.05) is 23.0 Å². The van der Waals surface area contributed by atoms with Crippen molar-refractivity contribution in [1.82, 2.24) is 9.78 Å². The van der Waals surface area contributed by atoms with E-state index in [1.807, 2.05) is 60.7 Å². The van der Waals surface area contributed by atoms with Gasteiger partial charge in [0.25, 0.3) is 0 Å². The number of nitrogens with one attached hydrogen (secondary N) is 1. The number of amides is 1. The van der Waals surface area contributed by atoms with Crippen LogP contribution in [0.2, 0.25) is 0 Å². The first-order valence-corrected chi connectivity index (χ1v) is 10.7. The molecule has 0 aliphatic carbocycles. The Balaban J connectivity index is 1.39. The third-order valence-corrected chi connectivity index (χ3v) is 5.21. The predicted molar refractivity (Wildman–Crippen MR) is 130 cm³/mol. The van der Waals surface area contributed by atoms with Crippen molar-refractivity contribution >= 4 is 11.7 Å². The molecule has 0 aliphatic rings. The molecule has 166 valence electrons. The molecule has 34 heavy (non-hydrogen) atoms. The van der Waals surface area contributed by atoms with Crippen LogP contribution in [0.25, 0.3) is 22.4 Å². The topological polar surface area (TPSA) is 56.1 Å². The summed E-state index contributed by atoms with van der Waals surface area (Å²) in [7, 11) is 0. The first-order valence-electron chi connectivity index (χ1n) is 10.7. The summed E-state index contributed by atoms with van der Waals surface area (Å²) in [5.41, 5.74) is 3.59. The summed E-state index contributed by atoms with van der Waals surface area (Å²) in [4.78, 5) is 13.0. The quantitative estimate of drug-likeness (QED) is 0.308. The van der Waals surface area contributed by atoms with Crippen LogP contribution in [0.4, 0.5) is 14.9 Å². The molecule has 0 spiro atoms. The lowest BCUT2D eigenvalue weighted by Crippen LogP contribution is -2.19. The van der Waals surface area contributed by atoms with Gasteiger partial charge in [-0.2, -0.15) is 9.78 Å². The molecule has 6 heteroatoms. The van der Waals surface area contributed by atoms with Crippen molar-refractivity contribution in [3.05, 3.63) is 121 Å². The summed E-state index contributed by atoms with van der Waals surface area (Å²) in [6.07, 6.45) is 1.68. The molecule has 4 aromatic carbocycles. The molecular formula is C28H20FN3O2. The van der Waals surface area contributed by atoms with Gasteiger partial charge in [0.2, 0.25) is 0 Å². The lowest BCUT2D eigenvalue weighted by molar-refractivity contribution is 0.251. The predicted octanol–water partition coefficient (Wildman–Crippen LogP) is 7.23. The summed E-state index contributed by atoms with van der Waals surface area (Å²) in [6, 6.07) is 31.8. The highest BCUT2D eigenvalue weighted by Gasteiger charge is 2.17. The van der Waals surface area contributed by atoms with E-state index in [0.29, 0.717) is 22.7 Å². The Hall–Kier alpha value is -4.71. The van der Waals surface area contributed by atoms with Crippen LogP contribution in [0.5, 0.6) is 11.5 Å². The molecule has 1 aromatic heterocycles. The zero-order valence-corrected chi connectivity index (χ0v) is 18.1. The van der Waals surface area contributed by atoms with Gasteiger partial charge in [0.05, 0.1) is 0 Å². The minimum Gasteiger partial charge on any atom is -0.457 e. The maximum Gasteiger partial charge on any atom is 0.346 e. The fraction of sp³-hybridized carbons (Fsp3) is 0. The molecule has 1 heterocycles. The van der Waals surface area contributed by atoms with E-state index in [2.05, 4.69) is 10.4 Å². The maximum absolute atomic E-state index is 13.5. The SMILES string of the molecule is O=C(Nc1ccc(Oc2ccccc2)cc1)n1cc(-c2ccccc2)c(-c2ccc(F)cc2)n1. The van der Waals surface area contributed by atoms with Crippen LogP contribution in [-0.2, 0) is 0 Å². The number of anilines is 1. The summed E-state index contributed by atoms with van der Waals surface area (Å²) in [5, 5.41) is 7.36. The van der Waals surface area contributed by atoms with Crippen molar-refractivity contribution in [2.45, 2.75) is 0 Å². The Morgan fingerprint density at radius 2 is 1.35 bits per heavy atom. The third-order valence-electron chi connectivity index (χ3n) is 5.21. The number of halogens is 1. The molecule has 0 fully saturated rings. The van der Waals surface area contributed by atoms with E-state index in [0.717, 1.165) is 16.9 Å². The van der Waals surface area contributed by atoms with E-state index in [1.165, 1.54) is 16.8 Å². The van der Waals surface area contributed by atoms with Crippen LogP contribution in [0.1, 0.15) is 0 Å². The van der Waals surface area contributed by atoms with Crippen LogP contribution in [-0.4, -0.2) is 15.8 Å². The van der Waals surface area contributed by atoms with E-state index in [1.54, 1.807) is 42.6 Å². The zero-order chi connectivity index (χ0) is 23.3. The number of hydrogen-bond donors (Lipinski definition) is 1. The van der Waals surface area contributed by atoms with Gasteiger partial charge in [-0.1, -0.05) is 48.5 Å². The average Bonchev–Trinajstić information content (AvgIpc) is 3.33. The van der Waals surface area contributed by atoms with Crippen molar-refractivity contribution in [1.29, 1.82) is 0 Å². The standard InChI is InChI=1S/C28H20FN3O2/c29-22-13-11-21(12-14-22)27-26(20-7-3-1-4-8-20)19-32(31-27)28(33)30-23-15-17-25(18-16-23)34-24-9-5-2-6-10-24/h1-19H,(H,30,33). The zero-order valence-electron chi connectivity index (χ0n) is 18.1. The van der Waals surface area contributed by atoms with Gasteiger partial charge in [-0.25, -0.2) is 9.18 Å². The molecule has 5 nitrogen and oxygen atoms in total. The third kappa shape index (κ3) is 4.71. The number of para-hydroxylation sites is 1. The number of carbonyl (C=O) groups excluding carboxylic acids is 1. The van der Waals surface area contributed by atoms with Crippen LogP contribution < -0.4 is 10.1 Å². The van der Waals surface area contributed by atoms with Gasteiger partial charge < -0.3 is 10.1 Å². The Morgan fingerprint density at radius 3 is 2.03 bits per heavy atom. The van der Waals surface area contributed by atoms with E-state index >= 15 is 0 Å². The Kier molecular flexibility index (Phi) is 5.86. The molecule has 1 amide bonds. The molecule has 0 radical (unpaired) electrons. The minimum atomic E-state index is -0.415. The number of nitrogens with zero attached hydrogens (tertiary/aromatic N) is 2. The molecule has 0 unspecified atom stereocenters. The first-order chi connectivity index (χ1) is 16.7. The van der Waals surface area contributed by atoms with Crippen molar-refractivity contribution in [3.8, 4) is 33.9 Å². The van der Waals surface area contributed by atoms with Crippen molar-refractivity contribution < 1.29 is 13.9 Å². The van der Waals surface area contributed by atoms with Gasteiger partial charge >= 0.3 is 6.03 Å². The molecule has 5 rings (SSSR count). The van der Waals surface area contributed by atoms with Gasteiger partial charge in [0.1, 0.15) is 23.0 Å². The maximum atomic E-state index is 13.5. The Labute approximate surface area is 196 Å². The van der Waals surface area contributed by atoms with Crippen molar-refractivity contribution in [2.24, 2.45) is 0 Å². The number of hydrogen-bond acceptors (Lipinski definition) is 3. The molecule has 1 N–H and O–H groups in total. The average molecular weight is 449 g/mol. The normalized spacial score (nSPS) is 10.6. The number of benzene rings is 4. The highest BCUT2D eigenvalue weighted by atomic mass is 19.1.